The first kappa shape index (κ1) is 19.1. The molecule has 7 heteroatoms. The highest BCUT2D eigenvalue weighted by Crippen LogP contribution is 2.25. The third-order valence-corrected chi connectivity index (χ3v) is 3.47. The van der Waals surface area contributed by atoms with Crippen LogP contribution in [0.2, 0.25) is 0 Å². The molecule has 0 saturated carbocycles. The number of nitrogens with one attached hydrogen (secondary N) is 1. The molecule has 0 heterocycles. The van der Waals surface area contributed by atoms with E-state index in [4.69, 9.17) is 9.47 Å². The molecular formula is C19H20N2O5. The first-order valence-electron chi connectivity index (χ1n) is 8.02. The van der Waals surface area contributed by atoms with Gasteiger partial charge in [-0.3, -0.25) is 10.1 Å². The molecule has 2 rings (SSSR count). The number of nitro benzene ring substituents is 1. The van der Waals surface area contributed by atoms with Crippen LogP contribution in [-0.2, 0) is 9.47 Å². The maximum absolute atomic E-state index is 12.1. The molecule has 0 fully saturated rings. The van der Waals surface area contributed by atoms with Crippen LogP contribution in [0.1, 0.15) is 15.9 Å². The second kappa shape index (κ2) is 9.95. The number of benzene rings is 2. The number of anilines is 1. The second-order valence-corrected chi connectivity index (χ2v) is 5.32. The maximum atomic E-state index is 12.1. The van der Waals surface area contributed by atoms with Crippen LogP contribution in [0.3, 0.4) is 0 Å². The van der Waals surface area contributed by atoms with Crippen molar-refractivity contribution in [2.75, 3.05) is 32.2 Å². The Morgan fingerprint density at radius 3 is 2.69 bits per heavy atom. The summed E-state index contributed by atoms with van der Waals surface area (Å²) in [7, 11) is 1.54. The molecule has 2 aromatic rings. The maximum Gasteiger partial charge on any atom is 0.338 e. The molecule has 136 valence electrons. The fourth-order valence-electron chi connectivity index (χ4n) is 2.20. The Balaban J connectivity index is 1.98. The van der Waals surface area contributed by atoms with Crippen molar-refractivity contribution in [3.8, 4) is 0 Å². The van der Waals surface area contributed by atoms with Crippen molar-refractivity contribution < 1.29 is 19.2 Å². The molecule has 0 saturated heterocycles. The van der Waals surface area contributed by atoms with Gasteiger partial charge in [0.25, 0.3) is 5.69 Å². The van der Waals surface area contributed by atoms with Crippen LogP contribution < -0.4 is 5.32 Å². The Morgan fingerprint density at radius 1 is 1.23 bits per heavy atom. The van der Waals surface area contributed by atoms with Crippen molar-refractivity contribution >= 4 is 23.4 Å². The summed E-state index contributed by atoms with van der Waals surface area (Å²) in [6.07, 6.45) is 3.54. The zero-order chi connectivity index (χ0) is 18.8. The smallest absolute Gasteiger partial charge is 0.338 e. The van der Waals surface area contributed by atoms with Gasteiger partial charge in [-0.15, -0.1) is 0 Å². The number of hydrogen-bond acceptors (Lipinski definition) is 6. The van der Waals surface area contributed by atoms with Crippen LogP contribution in [0.15, 0.2) is 54.6 Å². The molecule has 0 bridgehead atoms. The van der Waals surface area contributed by atoms with E-state index < -0.39 is 10.9 Å². The van der Waals surface area contributed by atoms with E-state index in [0.717, 1.165) is 5.56 Å². The van der Waals surface area contributed by atoms with Crippen molar-refractivity contribution in [2.24, 2.45) is 0 Å². The van der Waals surface area contributed by atoms with E-state index in [9.17, 15) is 14.9 Å². The summed E-state index contributed by atoms with van der Waals surface area (Å²) >= 11 is 0. The van der Waals surface area contributed by atoms with Crippen LogP contribution in [0.5, 0.6) is 0 Å². The molecular weight excluding hydrogens is 336 g/mol. The fraction of sp³-hybridized carbons (Fsp3) is 0.211. The normalized spacial score (nSPS) is 10.7. The molecule has 1 N–H and O–H groups in total. The number of carbonyl (C=O) groups excluding carboxylic acids is 1. The van der Waals surface area contributed by atoms with Gasteiger partial charge in [0.05, 0.1) is 17.1 Å². The number of nitro groups is 1. The minimum atomic E-state index is -0.616. The van der Waals surface area contributed by atoms with Gasteiger partial charge < -0.3 is 14.8 Å². The standard InChI is InChI=1S/C19H20N2O5/c1-25-13-11-20-17-10-9-16(14-18(17)21(23)24)19(22)26-12-5-8-15-6-3-2-4-7-15/h2-10,14,20H,11-13H2,1H3/b8-5+. The van der Waals surface area contributed by atoms with Gasteiger partial charge in [-0.25, -0.2) is 4.79 Å². The molecule has 0 atom stereocenters. The number of nitrogens with zero attached hydrogens (tertiary/aromatic N) is 1. The van der Waals surface area contributed by atoms with Gasteiger partial charge in [0.15, 0.2) is 0 Å². The number of esters is 1. The molecule has 0 aliphatic rings. The van der Waals surface area contributed by atoms with Crippen molar-refractivity contribution in [1.82, 2.24) is 0 Å². The molecule has 0 unspecified atom stereocenters. The fourth-order valence-corrected chi connectivity index (χ4v) is 2.20. The Kier molecular flexibility index (Phi) is 7.32. The van der Waals surface area contributed by atoms with E-state index >= 15 is 0 Å². The molecule has 0 amide bonds. The SMILES string of the molecule is COCCNc1ccc(C(=O)OC/C=C/c2ccccc2)cc1[N+](=O)[O-]. The molecule has 0 radical (unpaired) electrons. The third kappa shape index (κ3) is 5.71. The quantitative estimate of drug-likeness (QED) is 0.320. The summed E-state index contributed by atoms with van der Waals surface area (Å²) in [5.41, 5.74) is 1.26. The first-order chi connectivity index (χ1) is 12.6. The van der Waals surface area contributed by atoms with E-state index in [-0.39, 0.29) is 17.9 Å². The molecule has 2 aromatic carbocycles. The van der Waals surface area contributed by atoms with Gasteiger partial charge in [0, 0.05) is 19.7 Å². The highest BCUT2D eigenvalue weighted by Gasteiger charge is 2.18. The van der Waals surface area contributed by atoms with E-state index in [1.807, 2.05) is 36.4 Å². The lowest BCUT2D eigenvalue weighted by molar-refractivity contribution is -0.384. The van der Waals surface area contributed by atoms with E-state index in [1.54, 1.807) is 13.2 Å². The third-order valence-electron chi connectivity index (χ3n) is 3.47. The predicted molar refractivity (Wildman–Crippen MR) is 99.2 cm³/mol. The van der Waals surface area contributed by atoms with Gasteiger partial charge in [-0.05, 0) is 23.8 Å². The lowest BCUT2D eigenvalue weighted by Gasteiger charge is -2.08. The minimum absolute atomic E-state index is 0.0787. The lowest BCUT2D eigenvalue weighted by atomic mass is 10.1. The average molecular weight is 356 g/mol. The number of hydrogen-bond donors (Lipinski definition) is 1. The monoisotopic (exact) mass is 356 g/mol. The highest BCUT2D eigenvalue weighted by atomic mass is 16.6. The molecule has 26 heavy (non-hydrogen) atoms. The van der Waals surface area contributed by atoms with Crippen LogP contribution in [0, 0.1) is 10.1 Å². The number of rotatable bonds is 9. The summed E-state index contributed by atoms with van der Waals surface area (Å²) in [6, 6.07) is 13.8. The van der Waals surface area contributed by atoms with Crippen LogP contribution >= 0.6 is 0 Å². The highest BCUT2D eigenvalue weighted by molar-refractivity contribution is 5.91. The Labute approximate surface area is 151 Å². The summed E-state index contributed by atoms with van der Waals surface area (Å²) in [5, 5.41) is 14.1. The molecule has 0 aromatic heterocycles. The van der Waals surface area contributed by atoms with E-state index in [1.165, 1.54) is 18.2 Å². The van der Waals surface area contributed by atoms with Crippen LogP contribution in [-0.4, -0.2) is 37.8 Å². The van der Waals surface area contributed by atoms with Crippen molar-refractivity contribution in [2.45, 2.75) is 0 Å². The van der Waals surface area contributed by atoms with E-state index in [0.29, 0.717) is 18.8 Å². The largest absolute Gasteiger partial charge is 0.458 e. The second-order valence-electron chi connectivity index (χ2n) is 5.32. The summed E-state index contributed by atoms with van der Waals surface area (Å²) < 4.78 is 10.0. The topological polar surface area (TPSA) is 90.7 Å². The van der Waals surface area contributed by atoms with E-state index in [2.05, 4.69) is 5.32 Å². The van der Waals surface area contributed by atoms with Gasteiger partial charge in [-0.1, -0.05) is 36.4 Å². The number of methoxy groups -OCH3 is 1. The minimum Gasteiger partial charge on any atom is -0.458 e. The Morgan fingerprint density at radius 2 is 2.00 bits per heavy atom. The van der Waals surface area contributed by atoms with Gasteiger partial charge in [0.1, 0.15) is 12.3 Å². The molecule has 0 spiro atoms. The lowest BCUT2D eigenvalue weighted by Crippen LogP contribution is -2.11. The average Bonchev–Trinajstić information content (AvgIpc) is 2.66. The molecule has 0 aliphatic carbocycles. The number of carbonyl (C=O) groups is 1. The molecule has 7 nitrogen and oxygen atoms in total. The summed E-state index contributed by atoms with van der Waals surface area (Å²) in [6.45, 7) is 0.912. The Bertz CT molecular complexity index is 775. The predicted octanol–water partition coefficient (Wildman–Crippen LogP) is 3.52. The van der Waals surface area contributed by atoms with Crippen molar-refractivity contribution in [3.63, 3.8) is 0 Å². The zero-order valence-electron chi connectivity index (χ0n) is 14.4. The van der Waals surface area contributed by atoms with Gasteiger partial charge in [0.2, 0.25) is 0 Å². The summed E-state index contributed by atoms with van der Waals surface area (Å²) in [4.78, 5) is 22.8. The first-order valence-corrected chi connectivity index (χ1v) is 8.02. The Hall–Kier alpha value is -3.19. The van der Waals surface area contributed by atoms with Crippen molar-refractivity contribution in [1.29, 1.82) is 0 Å². The van der Waals surface area contributed by atoms with Crippen molar-refractivity contribution in [3.05, 3.63) is 75.8 Å². The van der Waals surface area contributed by atoms with Gasteiger partial charge in [-0.2, -0.15) is 0 Å². The van der Waals surface area contributed by atoms with Gasteiger partial charge >= 0.3 is 5.97 Å². The summed E-state index contributed by atoms with van der Waals surface area (Å²) in [5.74, 6) is -0.616. The molecule has 0 aliphatic heterocycles. The van der Waals surface area contributed by atoms with Crippen LogP contribution in [0.25, 0.3) is 6.08 Å². The number of ether oxygens (including phenoxy) is 2. The zero-order valence-corrected chi connectivity index (χ0v) is 14.4. The van der Waals surface area contributed by atoms with Crippen LogP contribution in [0.4, 0.5) is 11.4 Å².